The molecule has 3 N–H and O–H groups in total. The molecule has 0 unspecified atom stereocenters. The molecule has 0 aliphatic carbocycles. The van der Waals surface area contributed by atoms with Crippen molar-refractivity contribution in [3.63, 3.8) is 0 Å². The van der Waals surface area contributed by atoms with Crippen LogP contribution < -0.4 is 11.1 Å². The molecule has 0 atom stereocenters. The average molecular weight is 288 g/mol. The summed E-state index contributed by atoms with van der Waals surface area (Å²) in [6.45, 7) is 10.6. The van der Waals surface area contributed by atoms with Gasteiger partial charge in [0.05, 0.1) is 37.0 Å². The lowest BCUT2D eigenvalue weighted by Crippen LogP contribution is -2.35. The third-order valence-corrected chi connectivity index (χ3v) is 3.02. The number of morpholine rings is 1. The Hall–Kier alpha value is -2.54. The van der Waals surface area contributed by atoms with Crippen LogP contribution in [0.5, 0.6) is 0 Å². The Kier molecular flexibility index (Phi) is 5.16. The Bertz CT molecular complexity index is 554. The number of nitrogens with zero attached hydrogens (tertiary/aromatic N) is 4. The lowest BCUT2D eigenvalue weighted by molar-refractivity contribution is 0.0532. The van der Waals surface area contributed by atoms with E-state index in [1.165, 1.54) is 6.20 Å². The highest BCUT2D eigenvalue weighted by molar-refractivity contribution is 5.57. The number of hydrogen-bond donors (Lipinski definition) is 2. The number of anilines is 1. The first kappa shape index (κ1) is 14.9. The molecule has 1 fully saturated rings. The Morgan fingerprint density at radius 2 is 2.24 bits per heavy atom. The summed E-state index contributed by atoms with van der Waals surface area (Å²) in [5.74, 6) is 0.773. The average Bonchev–Trinajstić information content (AvgIpc) is 3.00. The maximum atomic E-state index is 5.33. The molecule has 1 saturated heterocycles. The summed E-state index contributed by atoms with van der Waals surface area (Å²) in [6, 6.07) is 0. The largest absolute Gasteiger partial charge is 0.403 e. The predicted molar refractivity (Wildman–Crippen MR) is 84.5 cm³/mol. The molecule has 1 aromatic rings. The van der Waals surface area contributed by atoms with Crippen LogP contribution in [0.2, 0.25) is 0 Å². The molecule has 0 spiro atoms. The first-order valence-electron chi connectivity index (χ1n) is 6.63. The van der Waals surface area contributed by atoms with E-state index >= 15 is 0 Å². The number of aromatic nitrogens is 2. The number of aliphatic imine (C=N–C) groups is 1. The Labute approximate surface area is 124 Å². The molecule has 0 amide bonds. The molecular weight excluding hydrogens is 268 g/mol. The van der Waals surface area contributed by atoms with Crippen molar-refractivity contribution < 1.29 is 4.74 Å². The van der Waals surface area contributed by atoms with Gasteiger partial charge in [0, 0.05) is 31.6 Å². The van der Waals surface area contributed by atoms with Gasteiger partial charge in [0.15, 0.2) is 0 Å². The van der Waals surface area contributed by atoms with E-state index in [0.29, 0.717) is 18.9 Å². The molecule has 21 heavy (non-hydrogen) atoms. The fourth-order valence-corrected chi connectivity index (χ4v) is 1.94. The number of nitrogens with two attached hydrogens (primary N) is 1. The Morgan fingerprint density at radius 1 is 1.48 bits per heavy atom. The van der Waals surface area contributed by atoms with Gasteiger partial charge in [-0.25, -0.2) is 9.67 Å². The van der Waals surface area contributed by atoms with Gasteiger partial charge in [-0.1, -0.05) is 6.58 Å². The van der Waals surface area contributed by atoms with Gasteiger partial charge < -0.3 is 20.7 Å². The van der Waals surface area contributed by atoms with Crippen LogP contribution in [0.3, 0.4) is 0 Å². The van der Waals surface area contributed by atoms with Crippen molar-refractivity contribution in [1.29, 1.82) is 0 Å². The van der Waals surface area contributed by atoms with Crippen molar-refractivity contribution >= 4 is 18.1 Å². The van der Waals surface area contributed by atoms with E-state index in [-0.39, 0.29) is 0 Å². The van der Waals surface area contributed by atoms with E-state index in [9.17, 15) is 0 Å². The van der Waals surface area contributed by atoms with Crippen LogP contribution in [0.15, 0.2) is 48.3 Å². The van der Waals surface area contributed by atoms with E-state index in [4.69, 9.17) is 10.5 Å². The lowest BCUT2D eigenvalue weighted by Gasteiger charge is -2.28. The molecule has 1 aliphatic rings. The van der Waals surface area contributed by atoms with E-state index in [1.54, 1.807) is 17.1 Å². The van der Waals surface area contributed by atoms with Gasteiger partial charge in [-0.15, -0.1) is 0 Å². The van der Waals surface area contributed by atoms with Crippen LogP contribution in [0.25, 0.3) is 5.70 Å². The maximum absolute atomic E-state index is 5.33. The first-order valence-corrected chi connectivity index (χ1v) is 6.63. The Morgan fingerprint density at radius 3 is 2.90 bits per heavy atom. The van der Waals surface area contributed by atoms with E-state index in [2.05, 4.69) is 33.6 Å². The molecule has 0 radical (unpaired) electrons. The molecule has 1 aromatic heterocycles. The van der Waals surface area contributed by atoms with Gasteiger partial charge in [0.1, 0.15) is 5.82 Å². The summed E-state index contributed by atoms with van der Waals surface area (Å²) in [5.41, 5.74) is 6.80. The third kappa shape index (κ3) is 3.96. The summed E-state index contributed by atoms with van der Waals surface area (Å²) in [4.78, 5) is 6.18. The summed E-state index contributed by atoms with van der Waals surface area (Å²) in [6.07, 6.45) is 8.41. The fourth-order valence-electron chi connectivity index (χ4n) is 1.94. The number of hydrogen-bond acceptors (Lipinski definition) is 6. The summed E-state index contributed by atoms with van der Waals surface area (Å²) >= 11 is 0. The van der Waals surface area contributed by atoms with Crippen LogP contribution in [-0.2, 0) is 4.74 Å². The quantitative estimate of drug-likeness (QED) is 0.604. The van der Waals surface area contributed by atoms with Crippen molar-refractivity contribution in [3.8, 4) is 0 Å². The topological polar surface area (TPSA) is 80.7 Å². The molecule has 2 rings (SSSR count). The molecular formula is C14H20N6O. The minimum absolute atomic E-state index is 0.695. The molecule has 0 bridgehead atoms. The molecule has 0 aromatic carbocycles. The summed E-state index contributed by atoms with van der Waals surface area (Å²) in [7, 11) is 0. The molecule has 0 saturated carbocycles. The van der Waals surface area contributed by atoms with Crippen LogP contribution in [0.4, 0.5) is 5.69 Å². The number of rotatable bonds is 6. The van der Waals surface area contributed by atoms with Gasteiger partial charge in [-0.2, -0.15) is 5.10 Å². The van der Waals surface area contributed by atoms with Crippen LogP contribution in [-0.4, -0.2) is 47.7 Å². The van der Waals surface area contributed by atoms with Crippen molar-refractivity contribution in [3.05, 3.63) is 43.3 Å². The highest BCUT2D eigenvalue weighted by Crippen LogP contribution is 2.15. The predicted octanol–water partition coefficient (Wildman–Crippen LogP) is 1.07. The normalized spacial score (nSPS) is 16.2. The number of allylic oxidation sites excluding steroid dienone is 2. The second-order valence-electron chi connectivity index (χ2n) is 4.43. The summed E-state index contributed by atoms with van der Waals surface area (Å²) < 4.78 is 6.99. The maximum Gasteiger partial charge on any atom is 0.130 e. The molecule has 2 heterocycles. The van der Waals surface area contributed by atoms with E-state index in [1.807, 2.05) is 12.3 Å². The lowest BCUT2D eigenvalue weighted by atomic mass is 10.3. The van der Waals surface area contributed by atoms with Crippen molar-refractivity contribution in [1.82, 2.24) is 14.7 Å². The van der Waals surface area contributed by atoms with Crippen LogP contribution in [0.1, 0.15) is 0 Å². The molecule has 7 nitrogen and oxygen atoms in total. The monoisotopic (exact) mass is 288 g/mol. The minimum Gasteiger partial charge on any atom is -0.403 e. The van der Waals surface area contributed by atoms with Gasteiger partial charge >= 0.3 is 0 Å². The van der Waals surface area contributed by atoms with E-state index < -0.39 is 0 Å². The number of nitrogens with one attached hydrogen (secondary N) is 1. The second kappa shape index (κ2) is 7.30. The van der Waals surface area contributed by atoms with Gasteiger partial charge in [-0.3, -0.25) is 0 Å². The zero-order valence-corrected chi connectivity index (χ0v) is 11.9. The van der Waals surface area contributed by atoms with Crippen molar-refractivity contribution in [2.24, 2.45) is 10.7 Å². The molecule has 1 aliphatic heterocycles. The SMILES string of the molecule is C=N/C(=C\C(=C)n1cc(N/C=C\N)cn1)N1CCOCC1. The third-order valence-electron chi connectivity index (χ3n) is 3.02. The van der Waals surface area contributed by atoms with E-state index in [0.717, 1.165) is 24.6 Å². The fraction of sp³-hybridized carbons (Fsp3) is 0.286. The van der Waals surface area contributed by atoms with Gasteiger partial charge in [-0.05, 0) is 6.72 Å². The zero-order chi connectivity index (χ0) is 15.1. The minimum atomic E-state index is 0.695. The van der Waals surface area contributed by atoms with Gasteiger partial charge in [0.25, 0.3) is 0 Å². The standard InChI is InChI=1S/C14H20N6O/c1-12(20-11-13(10-18-20)17-4-3-15)9-14(16-2)19-5-7-21-8-6-19/h3-4,9-11,17H,1-2,5-8,15H2/b4-3-,14-9+. The molecule has 7 heteroatoms. The van der Waals surface area contributed by atoms with Gasteiger partial charge in [0.2, 0.25) is 0 Å². The highest BCUT2D eigenvalue weighted by Gasteiger charge is 2.13. The van der Waals surface area contributed by atoms with Crippen LogP contribution in [0, 0.1) is 0 Å². The van der Waals surface area contributed by atoms with Crippen molar-refractivity contribution in [2.75, 3.05) is 31.6 Å². The zero-order valence-electron chi connectivity index (χ0n) is 11.9. The second-order valence-corrected chi connectivity index (χ2v) is 4.43. The summed E-state index contributed by atoms with van der Waals surface area (Å²) in [5, 5.41) is 7.22. The Balaban J connectivity index is 2.08. The number of ether oxygens (including phenoxy) is 1. The van der Waals surface area contributed by atoms with Crippen molar-refractivity contribution in [2.45, 2.75) is 0 Å². The first-order chi connectivity index (χ1) is 10.2. The van der Waals surface area contributed by atoms with Crippen LogP contribution >= 0.6 is 0 Å². The molecule has 112 valence electrons. The smallest absolute Gasteiger partial charge is 0.130 e. The highest BCUT2D eigenvalue weighted by atomic mass is 16.5.